The molecule has 0 spiro atoms. The van der Waals surface area contributed by atoms with Crippen LogP contribution in [0.25, 0.3) is 0 Å². The van der Waals surface area contributed by atoms with Crippen LogP contribution in [0.3, 0.4) is 0 Å². The van der Waals surface area contributed by atoms with E-state index in [1.807, 2.05) is 43.5 Å². The van der Waals surface area contributed by atoms with Gasteiger partial charge in [-0.15, -0.1) is 0 Å². The molecule has 1 atom stereocenters. The van der Waals surface area contributed by atoms with Gasteiger partial charge in [-0.3, -0.25) is 9.78 Å². The lowest BCUT2D eigenvalue weighted by atomic mass is 9.88. The number of rotatable bonds is 8. The molecule has 4 N–H and O–H groups in total. The highest BCUT2D eigenvalue weighted by molar-refractivity contribution is 6.31. The number of carbonyl (C=O) groups excluding carboxylic acids is 1. The molecule has 2 heterocycles. The van der Waals surface area contributed by atoms with Crippen LogP contribution in [0.5, 0.6) is 0 Å². The third-order valence-corrected chi connectivity index (χ3v) is 6.24. The smallest absolute Gasteiger partial charge is 0.228 e. The van der Waals surface area contributed by atoms with E-state index in [4.69, 9.17) is 28.1 Å². The average Bonchev–Trinajstić information content (AvgIpc) is 3.57. The van der Waals surface area contributed by atoms with E-state index in [1.54, 1.807) is 6.20 Å². The maximum absolute atomic E-state index is 12.0. The molecule has 0 bridgehead atoms. The molecule has 2 aromatic heterocycles. The largest absolute Gasteiger partial charge is 0.369 e. The molecule has 31 heavy (non-hydrogen) atoms. The standard InChI is InChI=1S/C24H26ClN5O/c1-15(26)20-8-6-16(13-28-20)12-22-29-14-19(25)21(30-22)9-7-17-4-2-3-5-18(17)24(10-11-24)23(27)31/h2-6,8,13-15H,7,9-12,26H2,1H3,(H2,27,31). The van der Waals surface area contributed by atoms with Crippen LogP contribution in [-0.2, 0) is 29.5 Å². The number of nitrogens with zero attached hydrogens (tertiary/aromatic N) is 3. The van der Waals surface area contributed by atoms with Crippen LogP contribution >= 0.6 is 11.6 Å². The Bertz CT molecular complexity index is 1090. The summed E-state index contributed by atoms with van der Waals surface area (Å²) in [5.41, 5.74) is 15.9. The van der Waals surface area contributed by atoms with Crippen molar-refractivity contribution in [2.45, 2.75) is 50.5 Å². The molecular weight excluding hydrogens is 410 g/mol. The maximum atomic E-state index is 12.0. The predicted molar refractivity (Wildman–Crippen MR) is 121 cm³/mol. The van der Waals surface area contributed by atoms with Crippen LogP contribution in [0.2, 0.25) is 5.02 Å². The summed E-state index contributed by atoms with van der Waals surface area (Å²) in [6, 6.07) is 11.8. The summed E-state index contributed by atoms with van der Waals surface area (Å²) >= 11 is 6.39. The summed E-state index contributed by atoms with van der Waals surface area (Å²) in [5, 5.41) is 0.544. The van der Waals surface area contributed by atoms with Crippen molar-refractivity contribution >= 4 is 17.5 Å². The van der Waals surface area contributed by atoms with E-state index >= 15 is 0 Å². The SMILES string of the molecule is CC(N)c1ccc(Cc2ncc(Cl)c(CCc3ccccc3C3(C(N)=O)CC3)n2)cn1. The van der Waals surface area contributed by atoms with Crippen molar-refractivity contribution in [2.75, 3.05) is 0 Å². The van der Waals surface area contributed by atoms with Crippen molar-refractivity contribution in [3.05, 3.63) is 87.7 Å². The van der Waals surface area contributed by atoms with E-state index in [-0.39, 0.29) is 11.9 Å². The van der Waals surface area contributed by atoms with Gasteiger partial charge in [-0.1, -0.05) is 41.9 Å². The highest BCUT2D eigenvalue weighted by Gasteiger charge is 2.50. The number of primary amides is 1. The van der Waals surface area contributed by atoms with Crippen molar-refractivity contribution in [3.8, 4) is 0 Å². The quantitative estimate of drug-likeness (QED) is 0.563. The fraction of sp³-hybridized carbons (Fsp3) is 0.333. The Morgan fingerprint density at radius 2 is 1.90 bits per heavy atom. The molecule has 1 saturated carbocycles. The van der Waals surface area contributed by atoms with Crippen LogP contribution in [0, 0.1) is 0 Å². The number of hydrogen-bond donors (Lipinski definition) is 2. The molecule has 6 nitrogen and oxygen atoms in total. The van der Waals surface area contributed by atoms with Gasteiger partial charge >= 0.3 is 0 Å². The number of pyridine rings is 1. The van der Waals surface area contributed by atoms with Gasteiger partial charge in [-0.2, -0.15) is 0 Å². The zero-order valence-corrected chi connectivity index (χ0v) is 18.3. The summed E-state index contributed by atoms with van der Waals surface area (Å²) in [6.07, 6.45) is 7.04. The molecule has 4 rings (SSSR count). The first kappa shape index (κ1) is 21.4. The zero-order chi connectivity index (χ0) is 22.0. The molecule has 0 aliphatic heterocycles. The third kappa shape index (κ3) is 4.60. The van der Waals surface area contributed by atoms with Crippen molar-refractivity contribution in [1.82, 2.24) is 15.0 Å². The number of hydrogen-bond acceptors (Lipinski definition) is 5. The lowest BCUT2D eigenvalue weighted by Crippen LogP contribution is -2.29. The van der Waals surface area contributed by atoms with Gasteiger partial charge in [0.05, 0.1) is 21.8 Å². The van der Waals surface area contributed by atoms with Crippen LogP contribution in [0.15, 0.2) is 48.8 Å². The number of amides is 1. The Morgan fingerprint density at radius 1 is 1.13 bits per heavy atom. The molecule has 160 valence electrons. The summed E-state index contributed by atoms with van der Waals surface area (Å²) in [4.78, 5) is 25.5. The van der Waals surface area contributed by atoms with E-state index in [0.717, 1.165) is 47.3 Å². The first-order chi connectivity index (χ1) is 14.9. The Morgan fingerprint density at radius 3 is 2.55 bits per heavy atom. The summed E-state index contributed by atoms with van der Waals surface area (Å²) in [7, 11) is 0. The van der Waals surface area contributed by atoms with Crippen molar-refractivity contribution in [2.24, 2.45) is 11.5 Å². The molecule has 3 aromatic rings. The lowest BCUT2D eigenvalue weighted by molar-refractivity contribution is -0.120. The van der Waals surface area contributed by atoms with Crippen LogP contribution in [-0.4, -0.2) is 20.9 Å². The summed E-state index contributed by atoms with van der Waals surface area (Å²) in [5.74, 6) is 0.449. The van der Waals surface area contributed by atoms with Crippen molar-refractivity contribution in [3.63, 3.8) is 0 Å². The van der Waals surface area contributed by atoms with Crippen LogP contribution in [0.1, 0.15) is 59.7 Å². The van der Waals surface area contributed by atoms with Gasteiger partial charge in [0, 0.05) is 24.9 Å². The molecule has 1 aliphatic rings. The summed E-state index contributed by atoms with van der Waals surface area (Å²) < 4.78 is 0. The highest BCUT2D eigenvalue weighted by Crippen LogP contribution is 2.49. The Labute approximate surface area is 187 Å². The number of carbonyl (C=O) groups is 1. The van der Waals surface area contributed by atoms with E-state index < -0.39 is 5.41 Å². The van der Waals surface area contributed by atoms with Crippen LogP contribution < -0.4 is 11.5 Å². The van der Waals surface area contributed by atoms with Crippen molar-refractivity contribution in [1.29, 1.82) is 0 Å². The third-order valence-electron chi connectivity index (χ3n) is 5.93. The molecule has 1 aliphatic carbocycles. The van der Waals surface area contributed by atoms with E-state index in [1.165, 1.54) is 0 Å². The van der Waals surface area contributed by atoms with Crippen molar-refractivity contribution < 1.29 is 4.79 Å². The lowest BCUT2D eigenvalue weighted by Gasteiger charge is -2.16. The second kappa shape index (κ2) is 8.73. The minimum atomic E-state index is -0.503. The monoisotopic (exact) mass is 435 g/mol. The molecule has 1 aromatic carbocycles. The first-order valence-corrected chi connectivity index (χ1v) is 10.9. The second-order valence-corrected chi connectivity index (χ2v) is 8.65. The van der Waals surface area contributed by atoms with Gasteiger partial charge < -0.3 is 11.5 Å². The van der Waals surface area contributed by atoms with E-state index in [0.29, 0.717) is 23.7 Å². The Balaban J connectivity index is 1.50. The fourth-order valence-electron chi connectivity index (χ4n) is 3.93. The summed E-state index contributed by atoms with van der Waals surface area (Å²) in [6.45, 7) is 1.91. The number of aryl methyl sites for hydroxylation is 2. The van der Waals surface area contributed by atoms with Crippen LogP contribution in [0.4, 0.5) is 0 Å². The minimum Gasteiger partial charge on any atom is -0.369 e. The minimum absolute atomic E-state index is 0.0975. The van der Waals surface area contributed by atoms with E-state index in [9.17, 15) is 4.79 Å². The predicted octanol–water partition coefficient (Wildman–Crippen LogP) is 3.44. The number of aromatic nitrogens is 3. The second-order valence-electron chi connectivity index (χ2n) is 8.24. The maximum Gasteiger partial charge on any atom is 0.228 e. The first-order valence-electron chi connectivity index (χ1n) is 10.5. The van der Waals surface area contributed by atoms with Gasteiger partial charge in [0.25, 0.3) is 0 Å². The number of benzene rings is 1. The van der Waals surface area contributed by atoms with Gasteiger partial charge in [-0.05, 0) is 55.4 Å². The molecule has 0 saturated heterocycles. The zero-order valence-electron chi connectivity index (χ0n) is 17.5. The highest BCUT2D eigenvalue weighted by atomic mass is 35.5. The molecule has 1 amide bonds. The molecule has 1 fully saturated rings. The van der Waals surface area contributed by atoms with Gasteiger partial charge in [0.1, 0.15) is 5.82 Å². The molecule has 1 unspecified atom stereocenters. The van der Waals surface area contributed by atoms with Gasteiger partial charge in [0.2, 0.25) is 5.91 Å². The normalized spacial score (nSPS) is 15.5. The van der Waals surface area contributed by atoms with E-state index in [2.05, 4.69) is 16.0 Å². The average molecular weight is 436 g/mol. The Hall–Kier alpha value is -2.83. The Kier molecular flexibility index (Phi) is 6.03. The fourth-order valence-corrected chi connectivity index (χ4v) is 4.11. The molecule has 0 radical (unpaired) electrons. The molecule has 7 heteroatoms. The topological polar surface area (TPSA) is 108 Å². The van der Waals surface area contributed by atoms with Gasteiger partial charge in [-0.25, -0.2) is 9.97 Å². The molecular formula is C24H26ClN5O. The number of nitrogens with two attached hydrogens (primary N) is 2. The number of halogens is 1. The van der Waals surface area contributed by atoms with Gasteiger partial charge in [0.15, 0.2) is 0 Å².